The topological polar surface area (TPSA) is 50.4 Å². The Morgan fingerprint density at radius 2 is 1.96 bits per heavy atom. The number of hydrogen-bond donors (Lipinski definition) is 2. The molecule has 3 rings (SSSR count). The predicted molar refractivity (Wildman–Crippen MR) is 95.2 cm³/mol. The van der Waals surface area contributed by atoms with E-state index >= 15 is 0 Å². The second-order valence-corrected chi connectivity index (χ2v) is 6.72. The van der Waals surface area contributed by atoms with Crippen molar-refractivity contribution in [2.45, 2.75) is 26.4 Å². The molecule has 0 radical (unpaired) electrons. The van der Waals surface area contributed by atoms with E-state index in [0.717, 1.165) is 33.5 Å². The molecule has 0 spiro atoms. The van der Waals surface area contributed by atoms with Crippen LogP contribution >= 0.6 is 15.9 Å². The Hall–Kier alpha value is -2.01. The van der Waals surface area contributed by atoms with Crippen molar-refractivity contribution in [3.8, 4) is 5.75 Å². The van der Waals surface area contributed by atoms with Gasteiger partial charge in [-0.2, -0.15) is 0 Å². The molecule has 4 nitrogen and oxygen atoms in total. The summed E-state index contributed by atoms with van der Waals surface area (Å²) >= 11 is 3.46. The van der Waals surface area contributed by atoms with Crippen LogP contribution in [-0.4, -0.2) is 18.7 Å². The molecule has 2 aromatic carbocycles. The van der Waals surface area contributed by atoms with Gasteiger partial charge in [0.25, 0.3) is 0 Å². The summed E-state index contributed by atoms with van der Waals surface area (Å²) in [4.78, 5) is 12.1. The Balaban J connectivity index is 1.55. The summed E-state index contributed by atoms with van der Waals surface area (Å²) in [5.74, 6) is 0.916. The van der Waals surface area contributed by atoms with Crippen LogP contribution in [0.5, 0.6) is 5.75 Å². The van der Waals surface area contributed by atoms with Crippen molar-refractivity contribution in [2.75, 3.05) is 11.9 Å². The van der Waals surface area contributed by atoms with E-state index in [2.05, 4.69) is 32.6 Å². The van der Waals surface area contributed by atoms with Gasteiger partial charge in [0, 0.05) is 16.6 Å². The van der Waals surface area contributed by atoms with Crippen LogP contribution in [0, 0.1) is 13.8 Å². The highest BCUT2D eigenvalue weighted by Crippen LogP contribution is 2.28. The van der Waals surface area contributed by atoms with Crippen LogP contribution in [0.25, 0.3) is 0 Å². The van der Waals surface area contributed by atoms with Gasteiger partial charge in [0.2, 0.25) is 0 Å². The Kier molecular flexibility index (Phi) is 4.57. The Morgan fingerprint density at radius 1 is 1.26 bits per heavy atom. The molecule has 0 saturated carbocycles. The first-order valence-corrected chi connectivity index (χ1v) is 8.38. The van der Waals surface area contributed by atoms with Crippen molar-refractivity contribution in [2.24, 2.45) is 0 Å². The van der Waals surface area contributed by atoms with Crippen molar-refractivity contribution >= 4 is 27.6 Å². The summed E-state index contributed by atoms with van der Waals surface area (Å²) in [6.45, 7) is 4.43. The van der Waals surface area contributed by atoms with E-state index in [1.54, 1.807) is 0 Å². The van der Waals surface area contributed by atoms with Crippen molar-refractivity contribution in [3.05, 3.63) is 57.6 Å². The molecule has 1 heterocycles. The third-order valence-electron chi connectivity index (χ3n) is 3.94. The summed E-state index contributed by atoms with van der Waals surface area (Å²) in [6, 6.07) is 11.7. The molecule has 0 bridgehead atoms. The minimum absolute atomic E-state index is 0.00902. The van der Waals surface area contributed by atoms with Crippen LogP contribution in [0.2, 0.25) is 0 Å². The monoisotopic (exact) mass is 374 g/mol. The number of anilines is 1. The SMILES string of the molecule is Cc1cc(Br)cc(C)c1NC(=O)NCC1Cc2ccccc2O1. The summed E-state index contributed by atoms with van der Waals surface area (Å²) in [5, 5.41) is 5.81. The Labute approximate surface area is 144 Å². The summed E-state index contributed by atoms with van der Waals surface area (Å²) in [5.41, 5.74) is 4.09. The summed E-state index contributed by atoms with van der Waals surface area (Å²) in [7, 11) is 0. The first-order chi connectivity index (χ1) is 11.0. The number of para-hydroxylation sites is 1. The highest BCUT2D eigenvalue weighted by Gasteiger charge is 2.22. The number of aryl methyl sites for hydroxylation is 2. The van der Waals surface area contributed by atoms with E-state index < -0.39 is 0 Å². The average Bonchev–Trinajstić information content (AvgIpc) is 2.91. The third-order valence-corrected chi connectivity index (χ3v) is 4.40. The first-order valence-electron chi connectivity index (χ1n) is 7.59. The molecule has 2 aromatic rings. The van der Waals surface area contributed by atoms with Gasteiger partial charge < -0.3 is 15.4 Å². The zero-order chi connectivity index (χ0) is 16.4. The molecule has 1 atom stereocenters. The Bertz CT molecular complexity index is 698. The van der Waals surface area contributed by atoms with Crippen LogP contribution in [0.3, 0.4) is 0 Å². The van der Waals surface area contributed by atoms with Gasteiger partial charge in [-0.05, 0) is 48.7 Å². The molecule has 23 heavy (non-hydrogen) atoms. The average molecular weight is 375 g/mol. The molecule has 1 aliphatic heterocycles. The predicted octanol–water partition coefficient (Wildman–Crippen LogP) is 4.19. The second-order valence-electron chi connectivity index (χ2n) is 5.80. The number of benzene rings is 2. The first kappa shape index (κ1) is 15.9. The zero-order valence-electron chi connectivity index (χ0n) is 13.2. The fourth-order valence-electron chi connectivity index (χ4n) is 2.84. The zero-order valence-corrected chi connectivity index (χ0v) is 14.7. The molecule has 2 amide bonds. The molecule has 0 fully saturated rings. The lowest BCUT2D eigenvalue weighted by Crippen LogP contribution is -2.37. The number of rotatable bonds is 3. The van der Waals surface area contributed by atoms with E-state index in [1.807, 2.05) is 44.2 Å². The molecule has 2 N–H and O–H groups in total. The third kappa shape index (κ3) is 3.67. The number of halogens is 1. The molecule has 0 saturated heterocycles. The standard InChI is InChI=1S/C18H19BrN2O2/c1-11-7-14(19)8-12(2)17(11)21-18(22)20-10-15-9-13-5-3-4-6-16(13)23-15/h3-8,15H,9-10H2,1-2H3,(H2,20,21,22). The number of hydrogen-bond acceptors (Lipinski definition) is 2. The molecule has 1 unspecified atom stereocenters. The van der Waals surface area contributed by atoms with Crippen LogP contribution < -0.4 is 15.4 Å². The summed E-state index contributed by atoms with van der Waals surface area (Å²) < 4.78 is 6.83. The van der Waals surface area contributed by atoms with Crippen LogP contribution in [-0.2, 0) is 6.42 Å². The van der Waals surface area contributed by atoms with E-state index in [9.17, 15) is 4.79 Å². The normalized spacial score (nSPS) is 15.7. The molecule has 0 aromatic heterocycles. The maximum absolute atomic E-state index is 12.1. The number of carbonyl (C=O) groups excluding carboxylic acids is 1. The largest absolute Gasteiger partial charge is 0.488 e. The number of carbonyl (C=O) groups is 1. The lowest BCUT2D eigenvalue weighted by atomic mass is 10.1. The number of ether oxygens (including phenoxy) is 1. The van der Waals surface area contributed by atoms with Gasteiger partial charge in [-0.1, -0.05) is 34.1 Å². The highest BCUT2D eigenvalue weighted by molar-refractivity contribution is 9.10. The van der Waals surface area contributed by atoms with E-state index in [4.69, 9.17) is 4.74 Å². The quantitative estimate of drug-likeness (QED) is 0.845. The highest BCUT2D eigenvalue weighted by atomic mass is 79.9. The molecule has 1 aliphatic rings. The van der Waals surface area contributed by atoms with Crippen molar-refractivity contribution in [1.82, 2.24) is 5.32 Å². The van der Waals surface area contributed by atoms with Crippen molar-refractivity contribution in [1.29, 1.82) is 0 Å². The van der Waals surface area contributed by atoms with Gasteiger partial charge in [-0.25, -0.2) is 4.79 Å². The number of urea groups is 1. The summed E-state index contributed by atoms with van der Waals surface area (Å²) in [6.07, 6.45) is 0.817. The Morgan fingerprint density at radius 3 is 2.65 bits per heavy atom. The molecular formula is C18H19BrN2O2. The number of nitrogens with one attached hydrogen (secondary N) is 2. The fraction of sp³-hybridized carbons (Fsp3) is 0.278. The van der Waals surface area contributed by atoms with Crippen molar-refractivity contribution < 1.29 is 9.53 Å². The lowest BCUT2D eigenvalue weighted by Gasteiger charge is -2.15. The van der Waals surface area contributed by atoms with Gasteiger partial charge >= 0.3 is 6.03 Å². The smallest absolute Gasteiger partial charge is 0.319 e. The number of amides is 2. The molecule has 0 aliphatic carbocycles. The van der Waals surface area contributed by atoms with Gasteiger partial charge in [0.05, 0.1) is 6.54 Å². The maximum atomic E-state index is 12.1. The van der Waals surface area contributed by atoms with Crippen LogP contribution in [0.4, 0.5) is 10.5 Å². The minimum atomic E-state index is -0.210. The van der Waals surface area contributed by atoms with Crippen LogP contribution in [0.15, 0.2) is 40.9 Å². The minimum Gasteiger partial charge on any atom is -0.488 e. The van der Waals surface area contributed by atoms with Gasteiger partial charge in [-0.15, -0.1) is 0 Å². The maximum Gasteiger partial charge on any atom is 0.319 e. The fourth-order valence-corrected chi connectivity index (χ4v) is 3.53. The number of fused-ring (bicyclic) bond motifs is 1. The van der Waals surface area contributed by atoms with E-state index in [-0.39, 0.29) is 12.1 Å². The lowest BCUT2D eigenvalue weighted by molar-refractivity contribution is 0.219. The van der Waals surface area contributed by atoms with Crippen molar-refractivity contribution in [3.63, 3.8) is 0 Å². The van der Waals surface area contributed by atoms with Gasteiger partial charge in [0.15, 0.2) is 0 Å². The molecular weight excluding hydrogens is 356 g/mol. The molecule has 5 heteroatoms. The van der Waals surface area contributed by atoms with Gasteiger partial charge in [-0.3, -0.25) is 0 Å². The van der Waals surface area contributed by atoms with E-state index in [1.165, 1.54) is 5.56 Å². The second kappa shape index (κ2) is 6.62. The van der Waals surface area contributed by atoms with Gasteiger partial charge in [0.1, 0.15) is 11.9 Å². The van der Waals surface area contributed by atoms with Crippen LogP contribution in [0.1, 0.15) is 16.7 Å². The molecule has 120 valence electrons. The van der Waals surface area contributed by atoms with E-state index in [0.29, 0.717) is 6.54 Å².